The van der Waals surface area contributed by atoms with Crippen molar-refractivity contribution in [1.82, 2.24) is 19.5 Å². The Bertz CT molecular complexity index is 922. The molecule has 3 rings (SSSR count). The molecule has 0 atom stereocenters. The van der Waals surface area contributed by atoms with Crippen molar-refractivity contribution in [2.24, 2.45) is 0 Å². The maximum absolute atomic E-state index is 11.4. The summed E-state index contributed by atoms with van der Waals surface area (Å²) in [5, 5.41) is 11.3. The van der Waals surface area contributed by atoms with Crippen molar-refractivity contribution >= 4 is 16.7 Å². The fourth-order valence-electron chi connectivity index (χ4n) is 1.96. The Morgan fingerprint density at radius 3 is 2.60 bits per heavy atom. The van der Waals surface area contributed by atoms with E-state index >= 15 is 0 Å². The second kappa shape index (κ2) is 4.16. The Balaban J connectivity index is 2.47. The molecule has 1 aromatic carbocycles. The van der Waals surface area contributed by atoms with E-state index in [-0.39, 0.29) is 22.4 Å². The SMILES string of the molecule is O=c1[nH]c2ccc(-n3ccnc3)c([N+](=O)[O-])c2[nH]c1=O. The Kier molecular flexibility index (Phi) is 2.46. The Hall–Kier alpha value is -3.23. The molecule has 0 aliphatic rings. The third-order valence-corrected chi connectivity index (χ3v) is 2.81. The molecule has 100 valence electrons. The van der Waals surface area contributed by atoms with Gasteiger partial charge < -0.3 is 14.5 Å². The molecule has 0 aliphatic heterocycles. The van der Waals surface area contributed by atoms with Crippen LogP contribution < -0.4 is 11.1 Å². The maximum atomic E-state index is 11.4. The van der Waals surface area contributed by atoms with Gasteiger partial charge in [0.05, 0.1) is 16.8 Å². The van der Waals surface area contributed by atoms with Gasteiger partial charge in [-0.2, -0.15) is 0 Å². The fraction of sp³-hybridized carbons (Fsp3) is 0. The van der Waals surface area contributed by atoms with Gasteiger partial charge in [-0.15, -0.1) is 0 Å². The number of hydrogen-bond donors (Lipinski definition) is 2. The molecule has 0 amide bonds. The molecule has 0 fully saturated rings. The number of nitro benzene ring substituents is 1. The highest BCUT2D eigenvalue weighted by atomic mass is 16.6. The normalized spacial score (nSPS) is 10.8. The number of benzene rings is 1. The van der Waals surface area contributed by atoms with E-state index in [4.69, 9.17) is 0 Å². The molecule has 0 radical (unpaired) electrons. The molecule has 9 nitrogen and oxygen atoms in total. The number of nitro groups is 1. The van der Waals surface area contributed by atoms with Gasteiger partial charge >= 0.3 is 16.8 Å². The van der Waals surface area contributed by atoms with Gasteiger partial charge in [-0.3, -0.25) is 19.7 Å². The maximum Gasteiger partial charge on any atom is 0.318 e. The van der Waals surface area contributed by atoms with Crippen LogP contribution in [0.5, 0.6) is 0 Å². The number of rotatable bonds is 2. The second-order valence-corrected chi connectivity index (χ2v) is 3.99. The van der Waals surface area contributed by atoms with Crippen LogP contribution in [0.4, 0.5) is 5.69 Å². The van der Waals surface area contributed by atoms with Crippen LogP contribution >= 0.6 is 0 Å². The first-order chi connectivity index (χ1) is 9.58. The van der Waals surface area contributed by atoms with Crippen molar-refractivity contribution in [2.75, 3.05) is 0 Å². The summed E-state index contributed by atoms with van der Waals surface area (Å²) in [7, 11) is 0. The summed E-state index contributed by atoms with van der Waals surface area (Å²) in [5.41, 5.74) is -1.72. The Labute approximate surface area is 109 Å². The van der Waals surface area contributed by atoms with Crippen LogP contribution in [0.15, 0.2) is 40.4 Å². The van der Waals surface area contributed by atoms with Crippen LogP contribution in [0.3, 0.4) is 0 Å². The minimum absolute atomic E-state index is 0.0363. The molecular weight excluding hydrogens is 266 g/mol. The van der Waals surface area contributed by atoms with E-state index in [0.29, 0.717) is 0 Å². The minimum Gasteiger partial charge on any atom is -0.316 e. The summed E-state index contributed by atoms with van der Waals surface area (Å²) in [6.45, 7) is 0. The van der Waals surface area contributed by atoms with Crippen molar-refractivity contribution in [1.29, 1.82) is 0 Å². The molecule has 0 saturated carbocycles. The van der Waals surface area contributed by atoms with Crippen LogP contribution in [0, 0.1) is 10.1 Å². The molecule has 9 heteroatoms. The van der Waals surface area contributed by atoms with Gasteiger partial charge in [0.2, 0.25) is 0 Å². The number of nitrogens with one attached hydrogen (secondary N) is 2. The lowest BCUT2D eigenvalue weighted by atomic mass is 10.2. The average molecular weight is 273 g/mol. The summed E-state index contributed by atoms with van der Waals surface area (Å²) < 4.78 is 1.45. The van der Waals surface area contributed by atoms with Crippen LogP contribution in [0.25, 0.3) is 16.7 Å². The summed E-state index contributed by atoms with van der Waals surface area (Å²) in [6, 6.07) is 2.95. The summed E-state index contributed by atoms with van der Waals surface area (Å²) >= 11 is 0. The van der Waals surface area contributed by atoms with E-state index in [1.807, 2.05) is 0 Å². The van der Waals surface area contributed by atoms with Gasteiger partial charge in [0.1, 0.15) is 11.2 Å². The monoisotopic (exact) mass is 273 g/mol. The summed E-state index contributed by atoms with van der Waals surface area (Å²) in [6.07, 6.45) is 4.42. The quantitative estimate of drug-likeness (QED) is 0.394. The van der Waals surface area contributed by atoms with E-state index in [2.05, 4.69) is 15.0 Å². The standard InChI is InChI=1S/C11H7N5O4/c17-10-11(18)14-8-6(13-10)1-2-7(9(8)16(19)20)15-4-3-12-5-15/h1-5H,(H,13,17)(H,14,18). The lowest BCUT2D eigenvalue weighted by molar-refractivity contribution is -0.383. The molecule has 0 saturated heterocycles. The van der Waals surface area contributed by atoms with E-state index in [1.165, 1.54) is 35.4 Å². The third-order valence-electron chi connectivity index (χ3n) is 2.81. The van der Waals surface area contributed by atoms with Crippen LogP contribution in [-0.2, 0) is 0 Å². The molecule has 20 heavy (non-hydrogen) atoms. The highest BCUT2D eigenvalue weighted by molar-refractivity contribution is 5.88. The number of hydrogen-bond acceptors (Lipinski definition) is 5. The molecule has 2 aromatic heterocycles. The topological polar surface area (TPSA) is 127 Å². The molecule has 2 heterocycles. The van der Waals surface area contributed by atoms with Crippen LogP contribution in [-0.4, -0.2) is 24.4 Å². The molecule has 0 spiro atoms. The smallest absolute Gasteiger partial charge is 0.316 e. The average Bonchev–Trinajstić information content (AvgIpc) is 2.92. The van der Waals surface area contributed by atoms with Crippen LogP contribution in [0.2, 0.25) is 0 Å². The zero-order chi connectivity index (χ0) is 14.3. The van der Waals surface area contributed by atoms with Gasteiger partial charge in [-0.05, 0) is 12.1 Å². The number of nitrogens with zero attached hydrogens (tertiary/aromatic N) is 3. The van der Waals surface area contributed by atoms with Crippen molar-refractivity contribution in [3.8, 4) is 5.69 Å². The zero-order valence-electron chi connectivity index (χ0n) is 9.86. The highest BCUT2D eigenvalue weighted by Gasteiger charge is 2.21. The first-order valence-electron chi connectivity index (χ1n) is 5.50. The predicted octanol–water partition coefficient (Wildman–Crippen LogP) is 0.310. The number of fused-ring (bicyclic) bond motifs is 1. The van der Waals surface area contributed by atoms with Gasteiger partial charge in [-0.25, -0.2) is 4.98 Å². The van der Waals surface area contributed by atoms with E-state index in [1.54, 1.807) is 0 Å². The predicted molar refractivity (Wildman–Crippen MR) is 69.0 cm³/mol. The highest BCUT2D eigenvalue weighted by Crippen LogP contribution is 2.28. The van der Waals surface area contributed by atoms with E-state index < -0.39 is 16.0 Å². The van der Waals surface area contributed by atoms with Crippen molar-refractivity contribution in [3.63, 3.8) is 0 Å². The number of aromatic amines is 2. The second-order valence-electron chi connectivity index (χ2n) is 3.99. The lowest BCUT2D eigenvalue weighted by Gasteiger charge is -2.06. The molecule has 0 unspecified atom stereocenters. The first-order valence-corrected chi connectivity index (χ1v) is 5.50. The van der Waals surface area contributed by atoms with Crippen molar-refractivity contribution < 1.29 is 4.92 Å². The fourth-order valence-corrected chi connectivity index (χ4v) is 1.96. The molecule has 0 bridgehead atoms. The summed E-state index contributed by atoms with van der Waals surface area (Å²) in [5.74, 6) is 0. The van der Waals surface area contributed by atoms with E-state index in [0.717, 1.165) is 0 Å². The first kappa shape index (κ1) is 11.8. The minimum atomic E-state index is -0.941. The molecule has 3 aromatic rings. The van der Waals surface area contributed by atoms with Gasteiger partial charge in [0, 0.05) is 12.4 Å². The largest absolute Gasteiger partial charge is 0.318 e. The Morgan fingerprint density at radius 2 is 1.95 bits per heavy atom. The van der Waals surface area contributed by atoms with Crippen molar-refractivity contribution in [2.45, 2.75) is 0 Å². The Morgan fingerprint density at radius 1 is 1.20 bits per heavy atom. The number of imidazole rings is 1. The molecule has 0 aliphatic carbocycles. The summed E-state index contributed by atoms with van der Waals surface area (Å²) in [4.78, 5) is 41.6. The van der Waals surface area contributed by atoms with Crippen molar-refractivity contribution in [3.05, 3.63) is 61.7 Å². The lowest BCUT2D eigenvalue weighted by Crippen LogP contribution is -2.29. The number of H-pyrrole nitrogens is 2. The van der Waals surface area contributed by atoms with Gasteiger partial charge in [-0.1, -0.05) is 0 Å². The van der Waals surface area contributed by atoms with E-state index in [9.17, 15) is 19.7 Å². The molecule has 2 N–H and O–H groups in total. The zero-order valence-corrected chi connectivity index (χ0v) is 9.86. The third kappa shape index (κ3) is 1.68. The molecular formula is C11H7N5O4. The van der Waals surface area contributed by atoms with Gasteiger partial charge in [0.25, 0.3) is 0 Å². The van der Waals surface area contributed by atoms with Gasteiger partial charge in [0.15, 0.2) is 0 Å². The van der Waals surface area contributed by atoms with Crippen LogP contribution in [0.1, 0.15) is 0 Å². The number of aromatic nitrogens is 4.